The molecule has 1 amide bonds. The van der Waals surface area contributed by atoms with E-state index >= 15 is 0 Å². The molecule has 0 aliphatic carbocycles. The van der Waals surface area contributed by atoms with Gasteiger partial charge in [0, 0.05) is 18.7 Å². The van der Waals surface area contributed by atoms with Gasteiger partial charge in [-0.05, 0) is 50.3 Å². The van der Waals surface area contributed by atoms with E-state index in [0.29, 0.717) is 6.42 Å². The number of piperidine rings is 1. The Morgan fingerprint density at radius 3 is 2.96 bits per heavy atom. The van der Waals surface area contributed by atoms with Gasteiger partial charge in [-0.2, -0.15) is 0 Å². The summed E-state index contributed by atoms with van der Waals surface area (Å²) in [5.74, 6) is 1.72. The Balaban J connectivity index is 1.47. The number of rotatable bonds is 4. The minimum atomic E-state index is -0.255. The van der Waals surface area contributed by atoms with E-state index < -0.39 is 0 Å². The number of benzene rings is 1. The molecule has 2 aliphatic rings. The zero-order chi connectivity index (χ0) is 18.8. The van der Waals surface area contributed by atoms with Crippen molar-refractivity contribution in [3.05, 3.63) is 47.3 Å². The monoisotopic (exact) mass is 370 g/mol. The van der Waals surface area contributed by atoms with Gasteiger partial charge in [-0.3, -0.25) is 4.79 Å². The molecule has 2 fully saturated rings. The second-order valence-electron chi connectivity index (χ2n) is 7.31. The highest BCUT2D eigenvalue weighted by atomic mass is 16.5. The topological polar surface area (TPSA) is 79.6 Å². The molecule has 2 aliphatic heterocycles. The van der Waals surface area contributed by atoms with Crippen LogP contribution in [0, 0.1) is 6.92 Å². The van der Waals surface area contributed by atoms with Crippen molar-refractivity contribution in [3.8, 4) is 5.75 Å². The molecular weight excluding hydrogens is 344 g/mol. The predicted octanol–water partition coefficient (Wildman–Crippen LogP) is 2.65. The molecular formula is C20H26N4O3. The first-order valence-electron chi connectivity index (χ1n) is 9.54. The lowest BCUT2D eigenvalue weighted by Gasteiger charge is -2.36. The highest BCUT2D eigenvalue weighted by molar-refractivity contribution is 5.82. The number of ether oxygens (including phenoxy) is 1. The minimum Gasteiger partial charge on any atom is -0.497 e. The molecule has 0 radical (unpaired) electrons. The van der Waals surface area contributed by atoms with E-state index in [4.69, 9.17) is 9.26 Å². The van der Waals surface area contributed by atoms with E-state index in [2.05, 4.69) is 22.1 Å². The molecule has 1 aromatic carbocycles. The van der Waals surface area contributed by atoms with Crippen LogP contribution in [-0.2, 0) is 4.79 Å². The number of methoxy groups -OCH3 is 1. The van der Waals surface area contributed by atoms with Crippen LogP contribution in [0.1, 0.15) is 54.8 Å². The zero-order valence-corrected chi connectivity index (χ0v) is 15.8. The lowest BCUT2D eigenvalue weighted by molar-refractivity contribution is -0.137. The molecule has 7 nitrogen and oxygen atoms in total. The van der Waals surface area contributed by atoms with Crippen LogP contribution in [0.15, 0.2) is 34.9 Å². The molecule has 2 saturated heterocycles. The van der Waals surface area contributed by atoms with E-state index in [9.17, 15) is 4.79 Å². The molecule has 7 heteroatoms. The molecule has 3 unspecified atom stereocenters. The zero-order valence-electron chi connectivity index (χ0n) is 15.8. The second-order valence-corrected chi connectivity index (χ2v) is 7.31. The van der Waals surface area contributed by atoms with Crippen molar-refractivity contribution in [2.45, 2.75) is 50.7 Å². The Kier molecular flexibility index (Phi) is 5.13. The Hall–Kier alpha value is -2.38. The molecule has 0 saturated carbocycles. The van der Waals surface area contributed by atoms with Crippen molar-refractivity contribution in [1.29, 1.82) is 0 Å². The number of hydrazine groups is 1. The summed E-state index contributed by atoms with van der Waals surface area (Å²) in [6, 6.07) is 9.72. The normalized spacial score (nSPS) is 25.6. The van der Waals surface area contributed by atoms with Gasteiger partial charge in [0.05, 0.1) is 13.2 Å². The number of aryl methyl sites for hydroxylation is 1. The fraction of sp³-hybridized carbons (Fsp3) is 0.500. The maximum Gasteiger partial charge on any atom is 0.241 e. The summed E-state index contributed by atoms with van der Waals surface area (Å²) in [6.45, 7) is 2.64. The number of carbonyl (C=O) groups excluding carboxylic acids is 1. The molecule has 0 bridgehead atoms. The van der Waals surface area contributed by atoms with Crippen LogP contribution in [-0.4, -0.2) is 35.7 Å². The maximum atomic E-state index is 13.2. The summed E-state index contributed by atoms with van der Waals surface area (Å²) < 4.78 is 10.5. The first-order chi connectivity index (χ1) is 13.2. The second kappa shape index (κ2) is 7.70. The van der Waals surface area contributed by atoms with Crippen molar-refractivity contribution >= 4 is 5.91 Å². The third-order valence-electron chi connectivity index (χ3n) is 5.47. The van der Waals surface area contributed by atoms with E-state index in [-0.39, 0.29) is 24.0 Å². The third kappa shape index (κ3) is 3.70. The molecule has 144 valence electrons. The molecule has 27 heavy (non-hydrogen) atoms. The Morgan fingerprint density at radius 2 is 2.19 bits per heavy atom. The van der Waals surface area contributed by atoms with Crippen LogP contribution in [0.25, 0.3) is 0 Å². The lowest BCUT2D eigenvalue weighted by Crippen LogP contribution is -2.48. The van der Waals surface area contributed by atoms with Crippen molar-refractivity contribution in [2.24, 2.45) is 0 Å². The van der Waals surface area contributed by atoms with Gasteiger partial charge in [-0.25, -0.2) is 10.9 Å². The quantitative estimate of drug-likeness (QED) is 0.861. The third-order valence-corrected chi connectivity index (χ3v) is 5.47. The Bertz CT molecular complexity index is 806. The van der Waals surface area contributed by atoms with Crippen LogP contribution in [0.3, 0.4) is 0 Å². The summed E-state index contributed by atoms with van der Waals surface area (Å²) in [5, 5.41) is 4.16. The van der Waals surface area contributed by atoms with Crippen LogP contribution in [0.2, 0.25) is 0 Å². The SMILES string of the molecule is COc1cccc(C2CC(C(=O)N3CCCCC3c3cc(C)on3)NN2)c1. The number of aromatic nitrogens is 1. The van der Waals surface area contributed by atoms with Crippen molar-refractivity contribution in [1.82, 2.24) is 20.9 Å². The van der Waals surface area contributed by atoms with E-state index in [0.717, 1.165) is 48.6 Å². The van der Waals surface area contributed by atoms with Crippen LogP contribution < -0.4 is 15.6 Å². The van der Waals surface area contributed by atoms with Crippen LogP contribution in [0.4, 0.5) is 0 Å². The Labute approximate surface area is 159 Å². The fourth-order valence-corrected chi connectivity index (χ4v) is 4.04. The van der Waals surface area contributed by atoms with Gasteiger partial charge in [0.15, 0.2) is 0 Å². The molecule has 3 atom stereocenters. The maximum absolute atomic E-state index is 13.2. The predicted molar refractivity (Wildman–Crippen MR) is 100.0 cm³/mol. The number of hydrogen-bond acceptors (Lipinski definition) is 6. The minimum absolute atomic E-state index is 0.00127. The summed E-state index contributed by atoms with van der Waals surface area (Å²) in [7, 11) is 1.66. The fourth-order valence-electron chi connectivity index (χ4n) is 4.04. The summed E-state index contributed by atoms with van der Waals surface area (Å²) in [6.07, 6.45) is 3.76. The van der Waals surface area contributed by atoms with Gasteiger partial charge < -0.3 is 14.2 Å². The largest absolute Gasteiger partial charge is 0.497 e. The lowest BCUT2D eigenvalue weighted by atomic mass is 9.96. The van der Waals surface area contributed by atoms with Gasteiger partial charge >= 0.3 is 0 Å². The van der Waals surface area contributed by atoms with Gasteiger partial charge in [0.1, 0.15) is 23.2 Å². The first kappa shape index (κ1) is 18.0. The average molecular weight is 370 g/mol. The van der Waals surface area contributed by atoms with Crippen molar-refractivity contribution < 1.29 is 14.1 Å². The summed E-state index contributed by atoms with van der Waals surface area (Å²) in [4.78, 5) is 15.2. The molecule has 0 spiro atoms. The molecule has 1 aromatic heterocycles. The van der Waals surface area contributed by atoms with Gasteiger partial charge in [0.2, 0.25) is 5.91 Å². The average Bonchev–Trinajstić information content (AvgIpc) is 3.37. The molecule has 4 rings (SSSR count). The number of nitrogens with zero attached hydrogens (tertiary/aromatic N) is 2. The van der Waals surface area contributed by atoms with Crippen LogP contribution in [0.5, 0.6) is 5.75 Å². The standard InChI is InChI=1S/C20H26N4O3/c1-13-10-17(23-27-13)19-8-3-4-9-24(19)20(25)18-12-16(21-22-18)14-6-5-7-15(11-14)26-2/h5-7,10-11,16,18-19,21-22H,3-4,8-9,12H2,1-2H3. The first-order valence-corrected chi connectivity index (χ1v) is 9.54. The number of amides is 1. The summed E-state index contributed by atoms with van der Waals surface area (Å²) in [5.41, 5.74) is 8.42. The molecule has 2 N–H and O–H groups in total. The number of carbonyl (C=O) groups is 1. The van der Waals surface area contributed by atoms with Crippen molar-refractivity contribution in [2.75, 3.05) is 13.7 Å². The van der Waals surface area contributed by atoms with E-state index in [1.165, 1.54) is 0 Å². The van der Waals surface area contributed by atoms with E-state index in [1.807, 2.05) is 36.1 Å². The van der Waals surface area contributed by atoms with Gasteiger partial charge in [0.25, 0.3) is 0 Å². The van der Waals surface area contributed by atoms with Crippen LogP contribution >= 0.6 is 0 Å². The summed E-state index contributed by atoms with van der Waals surface area (Å²) >= 11 is 0. The molecule has 2 aromatic rings. The van der Waals surface area contributed by atoms with Crippen molar-refractivity contribution in [3.63, 3.8) is 0 Å². The van der Waals surface area contributed by atoms with Gasteiger partial charge in [-0.15, -0.1) is 0 Å². The number of hydrogen-bond donors (Lipinski definition) is 2. The smallest absolute Gasteiger partial charge is 0.241 e. The van der Waals surface area contributed by atoms with Gasteiger partial charge in [-0.1, -0.05) is 17.3 Å². The number of nitrogens with one attached hydrogen (secondary N) is 2. The number of likely N-dealkylation sites (tertiary alicyclic amines) is 1. The van der Waals surface area contributed by atoms with E-state index in [1.54, 1.807) is 7.11 Å². The molecule has 3 heterocycles. The highest BCUT2D eigenvalue weighted by Gasteiger charge is 2.37. The highest BCUT2D eigenvalue weighted by Crippen LogP contribution is 2.33. The Morgan fingerprint density at radius 1 is 1.30 bits per heavy atom.